The Morgan fingerprint density at radius 2 is 2.15 bits per heavy atom. The van der Waals surface area contributed by atoms with Crippen LogP contribution in [0.5, 0.6) is 0 Å². The zero-order chi connectivity index (χ0) is 14.9. The molecule has 0 radical (unpaired) electrons. The summed E-state index contributed by atoms with van der Waals surface area (Å²) in [5.41, 5.74) is 0. The summed E-state index contributed by atoms with van der Waals surface area (Å²) < 4.78 is 0. The highest BCUT2D eigenvalue weighted by molar-refractivity contribution is 7.17. The summed E-state index contributed by atoms with van der Waals surface area (Å²) in [6, 6.07) is 2.66. The van der Waals surface area contributed by atoms with Crippen molar-refractivity contribution >= 4 is 28.2 Å². The van der Waals surface area contributed by atoms with Crippen LogP contribution in [0.25, 0.3) is 0 Å². The van der Waals surface area contributed by atoms with Gasteiger partial charge >= 0.3 is 11.0 Å². The predicted octanol–water partition coefficient (Wildman–Crippen LogP) is 1.98. The number of aliphatic carboxylic acids is 1. The molecule has 1 amide bonds. The van der Waals surface area contributed by atoms with E-state index in [4.69, 9.17) is 5.11 Å². The van der Waals surface area contributed by atoms with Gasteiger partial charge in [-0.25, -0.2) is 0 Å². The van der Waals surface area contributed by atoms with Crippen LogP contribution in [-0.2, 0) is 4.79 Å². The van der Waals surface area contributed by atoms with Crippen LogP contribution in [0.1, 0.15) is 29.4 Å². The molecule has 2 atom stereocenters. The molecule has 1 fully saturated rings. The number of carbonyl (C=O) groups excluding carboxylic acids is 1. The maximum absolute atomic E-state index is 12.3. The number of nitro groups is 1. The number of carboxylic acid groups (broad SMARTS) is 1. The van der Waals surface area contributed by atoms with Crippen molar-refractivity contribution in [2.45, 2.75) is 25.8 Å². The summed E-state index contributed by atoms with van der Waals surface area (Å²) in [6.45, 7) is 2.01. The molecule has 20 heavy (non-hydrogen) atoms. The van der Waals surface area contributed by atoms with Gasteiger partial charge in [-0.3, -0.25) is 19.7 Å². The summed E-state index contributed by atoms with van der Waals surface area (Å²) in [5, 5.41) is 19.6. The van der Waals surface area contributed by atoms with Crippen LogP contribution in [0.4, 0.5) is 5.00 Å². The van der Waals surface area contributed by atoms with Gasteiger partial charge in [-0.2, -0.15) is 0 Å². The fourth-order valence-corrected chi connectivity index (χ4v) is 3.05. The van der Waals surface area contributed by atoms with Gasteiger partial charge in [0.1, 0.15) is 0 Å². The van der Waals surface area contributed by atoms with Crippen molar-refractivity contribution in [3.63, 3.8) is 0 Å². The lowest BCUT2D eigenvalue weighted by Crippen LogP contribution is -2.47. The van der Waals surface area contributed by atoms with E-state index < -0.39 is 16.8 Å². The molecular formula is C12H14N2O5S. The summed E-state index contributed by atoms with van der Waals surface area (Å²) >= 11 is 0.817. The molecule has 1 aliphatic rings. The smallest absolute Gasteiger partial charge is 0.324 e. The SMILES string of the molecule is CC1CCC(C(=O)O)CN1C(=O)c1ccc([N+](=O)[O-])s1. The standard InChI is InChI=1S/C12H14N2O5S/c1-7-2-3-8(12(16)17)6-13(7)11(15)9-4-5-10(20-9)14(18)19/h4-5,7-8H,2-3,6H2,1H3,(H,16,17). The molecule has 2 unspecified atom stereocenters. The minimum atomic E-state index is -0.910. The molecule has 7 nitrogen and oxygen atoms in total. The second-order valence-electron chi connectivity index (χ2n) is 4.81. The van der Waals surface area contributed by atoms with Gasteiger partial charge in [0, 0.05) is 18.7 Å². The Balaban J connectivity index is 2.17. The van der Waals surface area contributed by atoms with Gasteiger partial charge in [0.2, 0.25) is 0 Å². The molecule has 108 valence electrons. The highest BCUT2D eigenvalue weighted by atomic mass is 32.1. The first kappa shape index (κ1) is 14.4. The van der Waals surface area contributed by atoms with E-state index in [0.717, 1.165) is 11.3 Å². The van der Waals surface area contributed by atoms with E-state index >= 15 is 0 Å². The topological polar surface area (TPSA) is 101 Å². The Bertz CT molecular complexity index is 556. The lowest BCUT2D eigenvalue weighted by atomic mass is 9.93. The number of carboxylic acids is 1. The van der Waals surface area contributed by atoms with Crippen LogP contribution in [0, 0.1) is 16.0 Å². The number of amides is 1. The van der Waals surface area contributed by atoms with E-state index in [1.807, 2.05) is 6.92 Å². The monoisotopic (exact) mass is 298 g/mol. The number of hydrogen-bond acceptors (Lipinski definition) is 5. The fourth-order valence-electron chi connectivity index (χ4n) is 2.27. The zero-order valence-electron chi connectivity index (χ0n) is 10.8. The van der Waals surface area contributed by atoms with Crippen LogP contribution in [0.3, 0.4) is 0 Å². The van der Waals surface area contributed by atoms with Gasteiger partial charge in [0.25, 0.3) is 5.91 Å². The summed E-state index contributed by atoms with van der Waals surface area (Å²) in [5.74, 6) is -1.81. The van der Waals surface area contributed by atoms with E-state index in [9.17, 15) is 19.7 Å². The molecule has 0 aliphatic carbocycles. The highest BCUT2D eigenvalue weighted by Crippen LogP contribution is 2.29. The molecule has 0 saturated carbocycles. The third-order valence-corrected chi connectivity index (χ3v) is 4.50. The maximum atomic E-state index is 12.3. The van der Waals surface area contributed by atoms with Gasteiger partial charge in [-0.1, -0.05) is 11.3 Å². The molecule has 1 saturated heterocycles. The van der Waals surface area contributed by atoms with Crippen molar-refractivity contribution in [3.05, 3.63) is 27.1 Å². The average Bonchev–Trinajstić information content (AvgIpc) is 2.88. The van der Waals surface area contributed by atoms with Crippen molar-refractivity contribution in [1.82, 2.24) is 4.90 Å². The Morgan fingerprint density at radius 1 is 1.45 bits per heavy atom. The average molecular weight is 298 g/mol. The summed E-state index contributed by atoms with van der Waals surface area (Å²) in [6.07, 6.45) is 1.17. The molecule has 0 aromatic carbocycles. The van der Waals surface area contributed by atoms with Crippen molar-refractivity contribution in [1.29, 1.82) is 0 Å². The number of rotatable bonds is 3. The van der Waals surface area contributed by atoms with Gasteiger partial charge < -0.3 is 10.0 Å². The Hall–Kier alpha value is -1.96. The second kappa shape index (κ2) is 5.58. The van der Waals surface area contributed by atoms with Gasteiger partial charge in [-0.15, -0.1) is 0 Å². The van der Waals surface area contributed by atoms with E-state index in [0.29, 0.717) is 12.8 Å². The number of carbonyl (C=O) groups is 2. The molecular weight excluding hydrogens is 284 g/mol. The number of nitrogens with zero attached hydrogens (tertiary/aromatic N) is 2. The first-order valence-corrected chi connectivity index (χ1v) is 6.99. The summed E-state index contributed by atoms with van der Waals surface area (Å²) in [7, 11) is 0. The molecule has 2 rings (SSSR count). The number of likely N-dealkylation sites (tertiary alicyclic amines) is 1. The largest absolute Gasteiger partial charge is 0.481 e. The lowest BCUT2D eigenvalue weighted by molar-refractivity contribution is -0.380. The number of piperidine rings is 1. The van der Waals surface area contributed by atoms with Crippen LogP contribution in [0.2, 0.25) is 0 Å². The lowest BCUT2D eigenvalue weighted by Gasteiger charge is -2.36. The van der Waals surface area contributed by atoms with Crippen LogP contribution >= 0.6 is 11.3 Å². The van der Waals surface area contributed by atoms with Crippen molar-refractivity contribution in [2.24, 2.45) is 5.92 Å². The van der Waals surface area contributed by atoms with E-state index in [-0.39, 0.29) is 28.4 Å². The van der Waals surface area contributed by atoms with Crippen LogP contribution in [-0.4, -0.2) is 39.4 Å². The minimum absolute atomic E-state index is 0.0562. The van der Waals surface area contributed by atoms with E-state index in [2.05, 4.69) is 0 Å². The quantitative estimate of drug-likeness (QED) is 0.679. The molecule has 0 bridgehead atoms. The molecule has 8 heteroatoms. The van der Waals surface area contributed by atoms with Crippen molar-refractivity contribution < 1.29 is 19.6 Å². The third-order valence-electron chi connectivity index (χ3n) is 3.47. The van der Waals surface area contributed by atoms with E-state index in [1.54, 1.807) is 0 Å². The third kappa shape index (κ3) is 2.79. The number of hydrogen-bond donors (Lipinski definition) is 1. The normalized spacial score (nSPS) is 22.6. The second-order valence-corrected chi connectivity index (χ2v) is 5.88. The van der Waals surface area contributed by atoms with Gasteiger partial charge in [0.15, 0.2) is 0 Å². The molecule has 0 spiro atoms. The number of thiophene rings is 1. The van der Waals surface area contributed by atoms with Crippen LogP contribution < -0.4 is 0 Å². The maximum Gasteiger partial charge on any atom is 0.324 e. The zero-order valence-corrected chi connectivity index (χ0v) is 11.6. The Kier molecular flexibility index (Phi) is 4.03. The highest BCUT2D eigenvalue weighted by Gasteiger charge is 2.33. The first-order chi connectivity index (χ1) is 9.40. The van der Waals surface area contributed by atoms with Gasteiger partial charge in [-0.05, 0) is 25.8 Å². The molecule has 1 aliphatic heterocycles. The Morgan fingerprint density at radius 3 is 2.70 bits per heavy atom. The first-order valence-electron chi connectivity index (χ1n) is 6.18. The molecule has 1 aromatic heterocycles. The Labute approximate surface area is 119 Å². The molecule has 2 heterocycles. The fraction of sp³-hybridized carbons (Fsp3) is 0.500. The van der Waals surface area contributed by atoms with Gasteiger partial charge in [0.05, 0.1) is 15.7 Å². The molecule has 1 aromatic rings. The predicted molar refractivity (Wildman–Crippen MR) is 71.8 cm³/mol. The van der Waals surface area contributed by atoms with Crippen molar-refractivity contribution in [2.75, 3.05) is 6.54 Å². The van der Waals surface area contributed by atoms with E-state index in [1.165, 1.54) is 17.0 Å². The van der Waals surface area contributed by atoms with Crippen molar-refractivity contribution in [3.8, 4) is 0 Å². The minimum Gasteiger partial charge on any atom is -0.481 e. The summed E-state index contributed by atoms with van der Waals surface area (Å²) in [4.78, 5) is 35.2. The molecule has 1 N–H and O–H groups in total. The van der Waals surface area contributed by atoms with Crippen LogP contribution in [0.15, 0.2) is 12.1 Å².